The molecule has 5 aliphatic rings. The molecule has 10 atom stereocenters. The van der Waals surface area contributed by atoms with E-state index in [0.717, 1.165) is 37.7 Å². The van der Waals surface area contributed by atoms with Crippen LogP contribution in [0.5, 0.6) is 0 Å². The van der Waals surface area contributed by atoms with E-state index in [4.69, 9.17) is 29.4 Å². The maximum absolute atomic E-state index is 14.3. The fraction of sp³-hybridized carbons (Fsp3) is 0.829. The van der Waals surface area contributed by atoms with E-state index in [2.05, 4.69) is 13.8 Å². The summed E-state index contributed by atoms with van der Waals surface area (Å²) >= 11 is 0. The fourth-order valence-electron chi connectivity index (χ4n) is 9.61. The maximum Gasteiger partial charge on any atom is 0.314 e. The number of carbonyl (C=O) groups is 4. The van der Waals surface area contributed by atoms with E-state index in [1.54, 1.807) is 20.8 Å². The van der Waals surface area contributed by atoms with Crippen molar-refractivity contribution in [3.63, 3.8) is 0 Å². The highest BCUT2D eigenvalue weighted by Crippen LogP contribution is 2.64. The molecule has 10 nitrogen and oxygen atoms in total. The second kappa shape index (κ2) is 13.4. The van der Waals surface area contributed by atoms with Gasteiger partial charge in [-0.15, -0.1) is 0 Å². The van der Waals surface area contributed by atoms with Crippen molar-refractivity contribution in [3.05, 3.63) is 11.6 Å². The Hall–Kier alpha value is -2.30. The van der Waals surface area contributed by atoms with Crippen molar-refractivity contribution < 1.29 is 42.9 Å². The van der Waals surface area contributed by atoms with Gasteiger partial charge in [0.05, 0.1) is 37.3 Å². The molecule has 1 heterocycles. The van der Waals surface area contributed by atoms with Gasteiger partial charge in [-0.05, 0) is 95.0 Å². The summed E-state index contributed by atoms with van der Waals surface area (Å²) in [6, 6.07) is 0. The lowest BCUT2D eigenvalue weighted by atomic mass is 9.45. The van der Waals surface area contributed by atoms with Crippen molar-refractivity contribution >= 4 is 23.7 Å². The first kappa shape index (κ1) is 34.0. The van der Waals surface area contributed by atoms with Crippen LogP contribution in [0.1, 0.15) is 80.1 Å². The summed E-state index contributed by atoms with van der Waals surface area (Å²) in [5.41, 5.74) is 5.74. The molecule has 4 fully saturated rings. The Bertz CT molecular complexity index is 1170. The minimum absolute atomic E-state index is 0.00433. The molecule has 0 aromatic carbocycles. The van der Waals surface area contributed by atoms with Crippen molar-refractivity contribution in [2.45, 2.75) is 92.3 Å². The smallest absolute Gasteiger partial charge is 0.314 e. The second-order valence-corrected chi connectivity index (χ2v) is 15.5. The van der Waals surface area contributed by atoms with Gasteiger partial charge in [0.2, 0.25) is 6.79 Å². The predicted octanol–water partition coefficient (Wildman–Crippen LogP) is 4.23. The van der Waals surface area contributed by atoms with Crippen LogP contribution in [0, 0.1) is 58.2 Å². The van der Waals surface area contributed by atoms with Crippen LogP contribution < -0.4 is 5.73 Å². The van der Waals surface area contributed by atoms with Crippen LogP contribution in [0.15, 0.2) is 11.6 Å². The number of ketones is 1. The number of nitrogens with two attached hydrogens (primary N) is 1. The first-order chi connectivity index (χ1) is 21.3. The molecule has 45 heavy (non-hydrogen) atoms. The van der Waals surface area contributed by atoms with Crippen LogP contribution in [0.2, 0.25) is 0 Å². The topological polar surface area (TPSA) is 140 Å². The lowest BCUT2D eigenvalue weighted by molar-refractivity contribution is -0.224. The molecule has 0 radical (unpaired) electrons. The monoisotopic (exact) mass is 631 g/mol. The first-order valence-electron chi connectivity index (χ1n) is 16.9. The molecule has 3 saturated carbocycles. The lowest BCUT2D eigenvalue weighted by Gasteiger charge is -2.63. The van der Waals surface area contributed by atoms with Crippen molar-refractivity contribution in [1.29, 1.82) is 0 Å². The Kier molecular flexibility index (Phi) is 10.2. The van der Waals surface area contributed by atoms with Crippen LogP contribution in [-0.2, 0) is 42.9 Å². The summed E-state index contributed by atoms with van der Waals surface area (Å²) in [6.45, 7) is 12.2. The number of carbonyl (C=O) groups excluding carboxylic acids is 4. The SMILES string of the molecule is CC(=O)O[C@@H]1C[C@@]23COCC(C2CCC2C3=CC(=O)C3C2CCC(CC(C)C)C3C(=O)OCOC(=O)C(C)(C)C)[C@H]1OCCN. The molecule has 2 bridgehead atoms. The first-order valence-corrected chi connectivity index (χ1v) is 16.9. The number of ether oxygens (including phenoxy) is 5. The second-order valence-electron chi connectivity index (χ2n) is 15.5. The quantitative estimate of drug-likeness (QED) is 0.290. The highest BCUT2D eigenvalue weighted by Gasteiger charge is 2.64. The molecular formula is C35H53NO9. The van der Waals surface area contributed by atoms with Crippen molar-refractivity contribution in [3.8, 4) is 0 Å². The highest BCUT2D eigenvalue weighted by atomic mass is 16.7. The molecule has 2 N–H and O–H groups in total. The average Bonchev–Trinajstić information content (AvgIpc) is 2.95. The van der Waals surface area contributed by atoms with Crippen LogP contribution >= 0.6 is 0 Å². The van der Waals surface area contributed by atoms with Gasteiger partial charge in [0, 0.05) is 30.7 Å². The number of rotatable bonds is 9. The normalized spacial score (nSPS) is 37.5. The number of hydrogen-bond acceptors (Lipinski definition) is 10. The molecule has 0 amide bonds. The van der Waals surface area contributed by atoms with Gasteiger partial charge in [0.1, 0.15) is 6.10 Å². The molecule has 252 valence electrons. The van der Waals surface area contributed by atoms with Crippen molar-refractivity contribution in [2.24, 2.45) is 63.9 Å². The third kappa shape index (κ3) is 6.61. The summed E-state index contributed by atoms with van der Waals surface area (Å²) in [5.74, 6) is -1.61. The molecule has 1 aliphatic heterocycles. The fourth-order valence-corrected chi connectivity index (χ4v) is 9.61. The van der Waals surface area contributed by atoms with E-state index < -0.39 is 47.5 Å². The van der Waals surface area contributed by atoms with Crippen molar-refractivity contribution in [1.82, 2.24) is 0 Å². The highest BCUT2D eigenvalue weighted by molar-refractivity contribution is 5.97. The van der Waals surface area contributed by atoms with Gasteiger partial charge in [-0.1, -0.05) is 19.4 Å². The van der Waals surface area contributed by atoms with Gasteiger partial charge in [0.15, 0.2) is 5.78 Å². The third-order valence-corrected chi connectivity index (χ3v) is 11.2. The van der Waals surface area contributed by atoms with Gasteiger partial charge >= 0.3 is 17.9 Å². The molecule has 10 heteroatoms. The summed E-state index contributed by atoms with van der Waals surface area (Å²) in [5, 5.41) is 0. The lowest BCUT2D eigenvalue weighted by Crippen LogP contribution is -2.64. The zero-order chi connectivity index (χ0) is 32.7. The Morgan fingerprint density at radius 1 is 1.09 bits per heavy atom. The molecular weight excluding hydrogens is 578 g/mol. The number of hydrogen-bond donors (Lipinski definition) is 1. The maximum atomic E-state index is 14.3. The average molecular weight is 632 g/mol. The molecule has 7 unspecified atom stereocenters. The van der Waals surface area contributed by atoms with Gasteiger partial charge in [-0.3, -0.25) is 19.2 Å². The van der Waals surface area contributed by atoms with E-state index in [1.807, 2.05) is 6.08 Å². The van der Waals surface area contributed by atoms with E-state index in [1.165, 1.54) is 6.92 Å². The Morgan fingerprint density at radius 2 is 1.84 bits per heavy atom. The summed E-state index contributed by atoms with van der Waals surface area (Å²) in [7, 11) is 0. The van der Waals surface area contributed by atoms with Crippen LogP contribution in [0.3, 0.4) is 0 Å². The molecule has 5 rings (SSSR count). The van der Waals surface area contributed by atoms with E-state index in [-0.39, 0.29) is 47.4 Å². The molecule has 0 aromatic heterocycles. The van der Waals surface area contributed by atoms with Gasteiger partial charge in [-0.25, -0.2) is 0 Å². The molecule has 1 saturated heterocycles. The van der Waals surface area contributed by atoms with E-state index in [0.29, 0.717) is 38.7 Å². The third-order valence-electron chi connectivity index (χ3n) is 11.2. The van der Waals surface area contributed by atoms with Gasteiger partial charge in [-0.2, -0.15) is 0 Å². The molecule has 0 aromatic rings. The number of allylic oxidation sites excluding steroid dienone is 1. The Labute approximate surface area is 267 Å². The summed E-state index contributed by atoms with van der Waals surface area (Å²) < 4.78 is 29.2. The minimum atomic E-state index is -0.715. The Balaban J connectivity index is 1.45. The van der Waals surface area contributed by atoms with Crippen molar-refractivity contribution in [2.75, 3.05) is 33.2 Å². The number of esters is 3. The largest absolute Gasteiger partial charge is 0.460 e. The van der Waals surface area contributed by atoms with Crippen LogP contribution in [0.25, 0.3) is 0 Å². The molecule has 0 spiro atoms. The van der Waals surface area contributed by atoms with Gasteiger partial charge < -0.3 is 29.4 Å². The predicted molar refractivity (Wildman–Crippen MR) is 164 cm³/mol. The zero-order valence-corrected chi connectivity index (χ0v) is 27.9. The minimum Gasteiger partial charge on any atom is -0.460 e. The van der Waals surface area contributed by atoms with E-state index >= 15 is 0 Å². The Morgan fingerprint density at radius 3 is 2.51 bits per heavy atom. The zero-order valence-electron chi connectivity index (χ0n) is 27.9. The summed E-state index contributed by atoms with van der Waals surface area (Å²) in [6.07, 6.45) is 5.99. The standard InChI is InChI=1S/C35H53NO9/c1-19(2)13-21-7-8-23-22-9-10-25-24-16-41-17-35(25,15-28(45-20(3)37)31(24)42-12-11-36)26(22)14-27(38)30(23)29(21)32(39)43-18-44-33(40)34(4,5)6/h14,19,21-25,28-31H,7-13,15-18,36H2,1-6H3/t21?,22?,23?,24?,25?,28-,29?,30?,31-,35-/m1/s1. The molecule has 4 aliphatic carbocycles. The summed E-state index contributed by atoms with van der Waals surface area (Å²) in [4.78, 5) is 52.6. The van der Waals surface area contributed by atoms with E-state index in [9.17, 15) is 19.2 Å². The van der Waals surface area contributed by atoms with Gasteiger partial charge in [0.25, 0.3) is 0 Å². The number of fused-ring (bicyclic) bond motifs is 3. The van der Waals surface area contributed by atoms with Crippen LogP contribution in [-0.4, -0.2) is 69.1 Å². The van der Waals surface area contributed by atoms with Crippen LogP contribution in [0.4, 0.5) is 0 Å².